The topological polar surface area (TPSA) is 85.1 Å². The molecule has 1 heterocycles. The predicted octanol–water partition coefficient (Wildman–Crippen LogP) is 0.989. The molecule has 4 N–H and O–H groups in total. The Kier molecular flexibility index (Phi) is 4.45. The van der Waals surface area contributed by atoms with Gasteiger partial charge in [-0.3, -0.25) is 4.98 Å². The highest BCUT2D eigenvalue weighted by Crippen LogP contribution is 2.11. The molecule has 6 nitrogen and oxygen atoms in total. The first kappa shape index (κ1) is 12.7. The summed E-state index contributed by atoms with van der Waals surface area (Å²) in [7, 11) is 0. The van der Waals surface area contributed by atoms with Crippen LogP contribution in [0.4, 0.5) is 11.6 Å². The summed E-state index contributed by atoms with van der Waals surface area (Å²) in [4.78, 5) is 8.18. The SMILES string of the molecule is CCOC(C)(C)CNc1cncc(NN)n1. The van der Waals surface area contributed by atoms with Crippen LogP contribution in [0.2, 0.25) is 0 Å². The van der Waals surface area contributed by atoms with Gasteiger partial charge in [0.05, 0.1) is 18.0 Å². The molecule has 90 valence electrons. The number of nitrogens with one attached hydrogen (secondary N) is 2. The standard InChI is InChI=1S/C10H19N5O/c1-4-16-10(2,3)7-13-8-5-12-6-9(14-8)15-11/h5-6H,4,7,11H2,1-3H3,(H2,13,14,15). The molecule has 0 aliphatic heterocycles. The van der Waals surface area contributed by atoms with Crippen molar-refractivity contribution in [1.82, 2.24) is 9.97 Å². The van der Waals surface area contributed by atoms with E-state index < -0.39 is 0 Å². The third-order valence-corrected chi connectivity index (χ3v) is 2.01. The Balaban J connectivity index is 2.53. The van der Waals surface area contributed by atoms with E-state index in [-0.39, 0.29) is 5.60 Å². The van der Waals surface area contributed by atoms with E-state index >= 15 is 0 Å². The van der Waals surface area contributed by atoms with Crippen molar-refractivity contribution >= 4 is 11.6 Å². The van der Waals surface area contributed by atoms with Crippen LogP contribution in [0.15, 0.2) is 12.4 Å². The average Bonchev–Trinajstić information content (AvgIpc) is 2.27. The smallest absolute Gasteiger partial charge is 0.160 e. The van der Waals surface area contributed by atoms with E-state index in [2.05, 4.69) is 20.7 Å². The highest BCUT2D eigenvalue weighted by molar-refractivity contribution is 5.40. The Bertz CT molecular complexity index is 329. The number of hydrogen-bond donors (Lipinski definition) is 3. The lowest BCUT2D eigenvalue weighted by molar-refractivity contribution is 0.000640. The van der Waals surface area contributed by atoms with Gasteiger partial charge in [-0.15, -0.1) is 0 Å². The number of nitrogens with zero attached hydrogens (tertiary/aromatic N) is 2. The second-order valence-electron chi connectivity index (χ2n) is 3.98. The van der Waals surface area contributed by atoms with E-state index in [0.717, 1.165) is 0 Å². The molecular formula is C10H19N5O. The van der Waals surface area contributed by atoms with Crippen LogP contribution in [-0.2, 0) is 4.74 Å². The molecule has 0 radical (unpaired) electrons. The van der Waals surface area contributed by atoms with Crippen LogP contribution >= 0.6 is 0 Å². The largest absolute Gasteiger partial charge is 0.374 e. The maximum absolute atomic E-state index is 5.56. The molecule has 0 fully saturated rings. The quantitative estimate of drug-likeness (QED) is 0.494. The van der Waals surface area contributed by atoms with Crippen LogP contribution in [0.5, 0.6) is 0 Å². The van der Waals surface area contributed by atoms with Gasteiger partial charge >= 0.3 is 0 Å². The van der Waals surface area contributed by atoms with Crippen LogP contribution in [0, 0.1) is 0 Å². The summed E-state index contributed by atoms with van der Waals surface area (Å²) < 4.78 is 5.56. The molecule has 0 aliphatic rings. The summed E-state index contributed by atoms with van der Waals surface area (Å²) in [5.41, 5.74) is 2.21. The molecule has 0 unspecified atom stereocenters. The number of aromatic nitrogens is 2. The van der Waals surface area contributed by atoms with Gasteiger partial charge in [0.15, 0.2) is 5.82 Å². The molecule has 0 atom stereocenters. The number of anilines is 2. The predicted molar refractivity (Wildman–Crippen MR) is 64.0 cm³/mol. The first-order valence-corrected chi connectivity index (χ1v) is 5.24. The molecule has 0 spiro atoms. The van der Waals surface area contributed by atoms with Crippen LogP contribution in [0.3, 0.4) is 0 Å². The summed E-state index contributed by atoms with van der Waals surface area (Å²) in [6.45, 7) is 7.35. The van der Waals surface area contributed by atoms with E-state index in [9.17, 15) is 0 Å². The van der Waals surface area contributed by atoms with Crippen molar-refractivity contribution in [3.8, 4) is 0 Å². The molecule has 1 rings (SSSR count). The lowest BCUT2D eigenvalue weighted by Gasteiger charge is -2.25. The van der Waals surface area contributed by atoms with Crippen molar-refractivity contribution in [2.24, 2.45) is 5.84 Å². The van der Waals surface area contributed by atoms with Gasteiger partial charge < -0.3 is 15.5 Å². The van der Waals surface area contributed by atoms with Crippen molar-refractivity contribution in [1.29, 1.82) is 0 Å². The minimum Gasteiger partial charge on any atom is -0.374 e. The zero-order valence-corrected chi connectivity index (χ0v) is 9.95. The van der Waals surface area contributed by atoms with Crippen LogP contribution in [0.25, 0.3) is 0 Å². The number of ether oxygens (including phenoxy) is 1. The molecule has 0 aliphatic carbocycles. The summed E-state index contributed by atoms with van der Waals surface area (Å²) >= 11 is 0. The molecule has 1 aromatic rings. The Morgan fingerprint density at radius 2 is 2.06 bits per heavy atom. The lowest BCUT2D eigenvalue weighted by Crippen LogP contribution is -2.33. The van der Waals surface area contributed by atoms with E-state index in [1.165, 1.54) is 0 Å². The van der Waals surface area contributed by atoms with Crippen molar-refractivity contribution in [2.75, 3.05) is 23.9 Å². The minimum atomic E-state index is -0.234. The fraction of sp³-hybridized carbons (Fsp3) is 0.600. The number of nitrogen functional groups attached to an aromatic ring is 1. The lowest BCUT2D eigenvalue weighted by atomic mass is 10.1. The Morgan fingerprint density at radius 3 is 2.69 bits per heavy atom. The second-order valence-corrected chi connectivity index (χ2v) is 3.98. The highest BCUT2D eigenvalue weighted by atomic mass is 16.5. The van der Waals surface area contributed by atoms with Gasteiger partial charge in [0.1, 0.15) is 5.82 Å². The summed E-state index contributed by atoms with van der Waals surface area (Å²) in [6.07, 6.45) is 3.20. The molecule has 6 heteroatoms. The number of rotatable bonds is 6. The molecule has 0 amide bonds. The van der Waals surface area contributed by atoms with Gasteiger partial charge in [-0.2, -0.15) is 0 Å². The summed E-state index contributed by atoms with van der Waals surface area (Å²) in [5, 5.41) is 3.15. The number of hydrazine groups is 1. The van der Waals surface area contributed by atoms with Gasteiger partial charge in [-0.05, 0) is 20.8 Å². The van der Waals surface area contributed by atoms with Gasteiger partial charge in [0, 0.05) is 13.2 Å². The maximum Gasteiger partial charge on any atom is 0.160 e. The normalized spacial score (nSPS) is 11.2. The average molecular weight is 225 g/mol. The van der Waals surface area contributed by atoms with Crippen LogP contribution in [-0.4, -0.2) is 28.7 Å². The van der Waals surface area contributed by atoms with Crippen molar-refractivity contribution < 1.29 is 4.74 Å². The number of nitrogens with two attached hydrogens (primary N) is 1. The third kappa shape index (κ3) is 4.00. The maximum atomic E-state index is 5.56. The van der Waals surface area contributed by atoms with Crippen molar-refractivity contribution in [3.05, 3.63) is 12.4 Å². The van der Waals surface area contributed by atoms with E-state index in [4.69, 9.17) is 10.6 Å². The zero-order valence-electron chi connectivity index (χ0n) is 9.95. The molecule has 1 aromatic heterocycles. The second kappa shape index (κ2) is 5.62. The minimum absolute atomic E-state index is 0.234. The fourth-order valence-electron chi connectivity index (χ4n) is 1.27. The van der Waals surface area contributed by atoms with Gasteiger partial charge in [0.25, 0.3) is 0 Å². The van der Waals surface area contributed by atoms with Gasteiger partial charge in [-0.25, -0.2) is 10.8 Å². The van der Waals surface area contributed by atoms with Crippen molar-refractivity contribution in [2.45, 2.75) is 26.4 Å². The van der Waals surface area contributed by atoms with Crippen LogP contribution in [0.1, 0.15) is 20.8 Å². The summed E-state index contributed by atoms with van der Waals surface area (Å²) in [6, 6.07) is 0. The highest BCUT2D eigenvalue weighted by Gasteiger charge is 2.17. The fourth-order valence-corrected chi connectivity index (χ4v) is 1.27. The Morgan fingerprint density at radius 1 is 1.38 bits per heavy atom. The van der Waals surface area contributed by atoms with E-state index in [0.29, 0.717) is 24.8 Å². The molecule has 0 saturated carbocycles. The van der Waals surface area contributed by atoms with E-state index in [1.54, 1.807) is 12.4 Å². The third-order valence-electron chi connectivity index (χ3n) is 2.01. The van der Waals surface area contributed by atoms with Crippen molar-refractivity contribution in [3.63, 3.8) is 0 Å². The molecule has 0 saturated heterocycles. The van der Waals surface area contributed by atoms with Gasteiger partial charge in [-0.1, -0.05) is 0 Å². The summed E-state index contributed by atoms with van der Waals surface area (Å²) in [5.74, 6) is 6.44. The van der Waals surface area contributed by atoms with Crippen LogP contribution < -0.4 is 16.6 Å². The number of hydrogen-bond acceptors (Lipinski definition) is 6. The molecule has 0 aromatic carbocycles. The van der Waals surface area contributed by atoms with E-state index in [1.807, 2.05) is 20.8 Å². The zero-order chi connectivity index (χ0) is 12.0. The Labute approximate surface area is 95.6 Å². The molecule has 16 heavy (non-hydrogen) atoms. The Hall–Kier alpha value is -1.40. The van der Waals surface area contributed by atoms with Gasteiger partial charge in [0.2, 0.25) is 0 Å². The first-order valence-electron chi connectivity index (χ1n) is 5.24. The molecular weight excluding hydrogens is 206 g/mol. The monoisotopic (exact) mass is 225 g/mol. The molecule has 0 bridgehead atoms. The first-order chi connectivity index (χ1) is 7.57.